The van der Waals surface area contributed by atoms with E-state index in [9.17, 15) is 9.59 Å². The number of nitrogens with zero attached hydrogens (tertiary/aromatic N) is 2. The highest BCUT2D eigenvalue weighted by atomic mass is 32.1. The number of rotatable bonds is 1. The largest absolute Gasteiger partial charge is 0.392 e. The van der Waals surface area contributed by atoms with Crippen LogP contribution in [0.3, 0.4) is 0 Å². The normalized spacial score (nSPS) is 18.0. The summed E-state index contributed by atoms with van der Waals surface area (Å²) in [7, 11) is 1.62. The second kappa shape index (κ2) is 10.6. The molecule has 3 rings (SSSR count). The molecule has 4 bridgehead atoms. The number of amides is 2. The summed E-state index contributed by atoms with van der Waals surface area (Å²) in [6.45, 7) is 1.22. The first-order chi connectivity index (χ1) is 14.6. The molecule has 158 valence electrons. The molecule has 0 atom stereocenters. The van der Waals surface area contributed by atoms with Crippen LogP contribution in [0.15, 0.2) is 35.6 Å². The van der Waals surface area contributed by atoms with Gasteiger partial charge in [0.1, 0.15) is 16.4 Å². The van der Waals surface area contributed by atoms with Gasteiger partial charge in [0.25, 0.3) is 11.8 Å². The summed E-state index contributed by atoms with van der Waals surface area (Å²) >= 11 is 1.35. The van der Waals surface area contributed by atoms with Crippen molar-refractivity contribution in [3.05, 3.63) is 47.0 Å². The van der Waals surface area contributed by atoms with Crippen molar-refractivity contribution in [2.24, 2.45) is 0 Å². The van der Waals surface area contributed by atoms with E-state index in [4.69, 9.17) is 10.1 Å². The Hall–Kier alpha value is -3.11. The average Bonchev–Trinajstić information content (AvgIpc) is 3.25. The summed E-state index contributed by atoms with van der Waals surface area (Å²) < 4.78 is 5.54. The molecule has 1 aliphatic rings. The molecule has 0 aliphatic carbocycles. The fourth-order valence-corrected chi connectivity index (χ4v) is 3.62. The van der Waals surface area contributed by atoms with E-state index in [2.05, 4.69) is 25.9 Å². The van der Waals surface area contributed by atoms with Gasteiger partial charge in [0.05, 0.1) is 12.3 Å². The smallest absolute Gasteiger partial charge is 0.275 e. The molecule has 3 heterocycles. The van der Waals surface area contributed by atoms with E-state index in [1.165, 1.54) is 17.5 Å². The van der Waals surface area contributed by atoms with Crippen molar-refractivity contribution < 1.29 is 14.3 Å². The molecule has 0 spiro atoms. The van der Waals surface area contributed by atoms with Gasteiger partial charge in [0, 0.05) is 49.2 Å². The van der Waals surface area contributed by atoms with Crippen LogP contribution >= 0.6 is 11.3 Å². The van der Waals surface area contributed by atoms with Crippen LogP contribution in [0.5, 0.6) is 0 Å². The average molecular weight is 429 g/mol. The number of pyridine rings is 1. The molecule has 9 nitrogen and oxygen atoms in total. The Bertz CT molecular complexity index is 956. The van der Waals surface area contributed by atoms with Gasteiger partial charge in [-0.15, -0.1) is 11.3 Å². The molecule has 30 heavy (non-hydrogen) atoms. The zero-order valence-corrected chi connectivity index (χ0v) is 17.5. The molecule has 4 N–H and O–H groups in total. The Kier molecular flexibility index (Phi) is 7.63. The summed E-state index contributed by atoms with van der Waals surface area (Å²) in [6.07, 6.45) is 5.77. The molecule has 2 aromatic heterocycles. The molecule has 2 aromatic rings. The van der Waals surface area contributed by atoms with Gasteiger partial charge in [-0.25, -0.2) is 4.98 Å². The van der Waals surface area contributed by atoms with Crippen LogP contribution in [0.2, 0.25) is 0 Å². The third kappa shape index (κ3) is 5.71. The monoisotopic (exact) mass is 428 g/mol. The van der Waals surface area contributed by atoms with Gasteiger partial charge in [0.2, 0.25) is 0 Å². The third-order valence-corrected chi connectivity index (χ3v) is 5.23. The molecule has 2 amide bonds. The number of nitrogens with one attached hydrogen (secondary N) is 4. The molecule has 0 saturated carbocycles. The molecule has 0 unspecified atom stereocenters. The maximum absolute atomic E-state index is 12.6. The SMILES string of the molecule is CN/C=C1/NC(=O)c2csc(n2)-c2ccnc(c2)CCCCOCCNC(=O)C1=N. The van der Waals surface area contributed by atoms with Crippen molar-refractivity contribution >= 4 is 28.9 Å². The zero-order valence-electron chi connectivity index (χ0n) is 16.7. The Morgan fingerprint density at radius 1 is 1.27 bits per heavy atom. The Morgan fingerprint density at radius 2 is 2.13 bits per heavy atom. The number of ether oxygens (including phenoxy) is 1. The first-order valence-corrected chi connectivity index (χ1v) is 10.5. The summed E-state index contributed by atoms with van der Waals surface area (Å²) in [4.78, 5) is 33.7. The van der Waals surface area contributed by atoms with Gasteiger partial charge in [-0.2, -0.15) is 0 Å². The lowest BCUT2D eigenvalue weighted by Gasteiger charge is -2.11. The van der Waals surface area contributed by atoms with Crippen LogP contribution in [0.4, 0.5) is 0 Å². The molecule has 0 radical (unpaired) electrons. The topological polar surface area (TPSA) is 129 Å². The fraction of sp³-hybridized carbons (Fsp3) is 0.350. The van der Waals surface area contributed by atoms with E-state index in [-0.39, 0.29) is 23.6 Å². The number of fused-ring (bicyclic) bond motifs is 5. The van der Waals surface area contributed by atoms with E-state index in [0.29, 0.717) is 18.2 Å². The first kappa shape index (κ1) is 21.6. The number of hydrogen-bond acceptors (Lipinski definition) is 8. The van der Waals surface area contributed by atoms with Gasteiger partial charge in [0.15, 0.2) is 0 Å². The maximum Gasteiger partial charge on any atom is 0.275 e. The van der Waals surface area contributed by atoms with Crippen molar-refractivity contribution in [3.63, 3.8) is 0 Å². The summed E-state index contributed by atoms with van der Waals surface area (Å²) in [5.74, 6) is -1.09. The first-order valence-electron chi connectivity index (χ1n) is 9.63. The van der Waals surface area contributed by atoms with Crippen molar-refractivity contribution in [1.82, 2.24) is 25.9 Å². The van der Waals surface area contributed by atoms with Gasteiger partial charge >= 0.3 is 0 Å². The lowest BCUT2D eigenvalue weighted by molar-refractivity contribution is -0.115. The molecule has 1 aliphatic heterocycles. The highest BCUT2D eigenvalue weighted by Crippen LogP contribution is 2.24. The molecule has 10 heteroatoms. The Morgan fingerprint density at radius 3 is 2.97 bits per heavy atom. The number of carbonyl (C=O) groups is 2. The quantitative estimate of drug-likeness (QED) is 0.545. The molecule has 0 saturated heterocycles. The lowest BCUT2D eigenvalue weighted by atomic mass is 10.1. The van der Waals surface area contributed by atoms with Crippen LogP contribution < -0.4 is 16.0 Å². The van der Waals surface area contributed by atoms with E-state index >= 15 is 0 Å². The van der Waals surface area contributed by atoms with E-state index in [1.54, 1.807) is 18.6 Å². The lowest BCUT2D eigenvalue weighted by Crippen LogP contribution is -2.39. The molecule has 0 aromatic carbocycles. The van der Waals surface area contributed by atoms with Crippen molar-refractivity contribution in [2.75, 3.05) is 26.8 Å². The van der Waals surface area contributed by atoms with E-state index in [1.807, 2.05) is 12.1 Å². The zero-order chi connectivity index (χ0) is 21.3. The van der Waals surface area contributed by atoms with Crippen LogP contribution in [0.25, 0.3) is 10.6 Å². The van der Waals surface area contributed by atoms with Crippen molar-refractivity contribution in [3.8, 4) is 10.6 Å². The minimum absolute atomic E-state index is 0.0552. The summed E-state index contributed by atoms with van der Waals surface area (Å²) in [5.41, 5.74) is 1.78. The highest BCUT2D eigenvalue weighted by molar-refractivity contribution is 7.13. The van der Waals surface area contributed by atoms with Crippen LogP contribution in [0, 0.1) is 5.41 Å². The van der Waals surface area contributed by atoms with Crippen molar-refractivity contribution in [2.45, 2.75) is 19.3 Å². The predicted molar refractivity (Wildman–Crippen MR) is 114 cm³/mol. The van der Waals surface area contributed by atoms with Crippen molar-refractivity contribution in [1.29, 1.82) is 5.41 Å². The van der Waals surface area contributed by atoms with Gasteiger partial charge in [-0.1, -0.05) is 0 Å². The predicted octanol–water partition coefficient (Wildman–Crippen LogP) is 1.48. The molecular weight excluding hydrogens is 404 g/mol. The van der Waals surface area contributed by atoms with Crippen LogP contribution in [-0.4, -0.2) is 54.3 Å². The number of aryl methyl sites for hydroxylation is 1. The minimum atomic E-state index is -0.598. The summed E-state index contributed by atoms with van der Waals surface area (Å²) in [5, 5.41) is 18.4. The van der Waals surface area contributed by atoms with Gasteiger partial charge in [-0.05, 0) is 31.4 Å². The number of thiazole rings is 1. The standard InChI is InChI=1S/C20H24N6O3S/c1-22-11-15-17(21)19(28)24-7-9-29-8-3-2-4-14-10-13(5-6-23-14)20-26-16(12-30-20)18(27)25-15/h5-6,10-12,21-22H,2-4,7-9H2,1H3,(H,24,28)(H,25,27)/b15-11+,21-17?. The summed E-state index contributed by atoms with van der Waals surface area (Å²) in [6, 6.07) is 3.85. The number of aromatic nitrogens is 2. The van der Waals surface area contributed by atoms with E-state index in [0.717, 1.165) is 30.5 Å². The second-order valence-electron chi connectivity index (χ2n) is 6.57. The maximum atomic E-state index is 12.6. The second-order valence-corrected chi connectivity index (χ2v) is 7.43. The van der Waals surface area contributed by atoms with Crippen LogP contribution in [0.1, 0.15) is 29.0 Å². The van der Waals surface area contributed by atoms with Crippen LogP contribution in [-0.2, 0) is 16.0 Å². The fourth-order valence-electron chi connectivity index (χ4n) is 2.82. The van der Waals surface area contributed by atoms with Gasteiger partial charge < -0.3 is 20.7 Å². The number of carbonyl (C=O) groups excluding carboxylic acids is 2. The number of hydrogen-bond donors (Lipinski definition) is 4. The Balaban J connectivity index is 1.85. The minimum Gasteiger partial charge on any atom is -0.392 e. The third-order valence-electron chi connectivity index (χ3n) is 4.34. The molecule has 0 fully saturated rings. The Labute approximate surface area is 178 Å². The van der Waals surface area contributed by atoms with Gasteiger partial charge in [-0.3, -0.25) is 20.0 Å². The van der Waals surface area contributed by atoms with E-state index < -0.39 is 11.8 Å². The highest BCUT2D eigenvalue weighted by Gasteiger charge is 2.19. The molecular formula is C20H24N6O3S.